The highest BCUT2D eigenvalue weighted by Crippen LogP contribution is 2.13. The largest absolute Gasteiger partial charge is 0.256 e. The number of hydrogen-bond donors (Lipinski definition) is 1. The molecule has 0 aliphatic carbocycles. The number of nitrogens with zero attached hydrogens (tertiary/aromatic N) is 1. The molecule has 1 aromatic heterocycles. The minimum Gasteiger partial charge on any atom is -0.256 e. The van der Waals surface area contributed by atoms with Gasteiger partial charge in [0.1, 0.15) is 0 Å². The van der Waals surface area contributed by atoms with Gasteiger partial charge in [-0.2, -0.15) is 12.6 Å². The first-order valence-electron chi connectivity index (χ1n) is 3.84. The molecule has 0 N–H and O–H groups in total. The Kier molecular flexibility index (Phi) is 2.00. The summed E-state index contributed by atoms with van der Waals surface area (Å²) in [4.78, 5) is 4.26. The monoisotopic (exact) mass is 175 g/mol. The maximum absolute atomic E-state index is 4.26. The first-order valence-corrected chi connectivity index (χ1v) is 4.48. The highest BCUT2D eigenvalue weighted by molar-refractivity contribution is 7.79. The number of benzene rings is 1. The Hall–Kier alpha value is -1.02. The topological polar surface area (TPSA) is 12.9 Å². The first-order chi connectivity index (χ1) is 5.90. The summed E-state index contributed by atoms with van der Waals surface area (Å²) in [6.07, 6.45) is 1.81. The Morgan fingerprint density at radius 2 is 2.17 bits per heavy atom. The van der Waals surface area contributed by atoms with E-state index >= 15 is 0 Å². The van der Waals surface area contributed by atoms with Crippen molar-refractivity contribution in [2.75, 3.05) is 0 Å². The van der Waals surface area contributed by atoms with Gasteiger partial charge in [-0.3, -0.25) is 4.98 Å². The van der Waals surface area contributed by atoms with E-state index in [1.807, 2.05) is 12.3 Å². The molecule has 0 bridgehead atoms. The summed E-state index contributed by atoms with van der Waals surface area (Å²) < 4.78 is 0. The molecule has 0 spiro atoms. The van der Waals surface area contributed by atoms with Crippen LogP contribution < -0.4 is 0 Å². The lowest BCUT2D eigenvalue weighted by Crippen LogP contribution is -1.80. The van der Waals surface area contributed by atoms with Crippen LogP contribution in [0.25, 0.3) is 10.9 Å². The van der Waals surface area contributed by atoms with Gasteiger partial charge in [-0.05, 0) is 17.7 Å². The second-order valence-electron chi connectivity index (χ2n) is 2.69. The molecule has 0 aliphatic heterocycles. The molecule has 12 heavy (non-hydrogen) atoms. The molecule has 0 aliphatic rings. The third kappa shape index (κ3) is 1.30. The zero-order chi connectivity index (χ0) is 8.39. The van der Waals surface area contributed by atoms with Crippen LogP contribution in [0.2, 0.25) is 0 Å². The quantitative estimate of drug-likeness (QED) is 0.657. The van der Waals surface area contributed by atoms with E-state index in [4.69, 9.17) is 0 Å². The van der Waals surface area contributed by atoms with E-state index in [-0.39, 0.29) is 0 Å². The molecule has 1 heterocycles. The van der Waals surface area contributed by atoms with Gasteiger partial charge in [0.25, 0.3) is 0 Å². The Morgan fingerprint density at radius 1 is 1.25 bits per heavy atom. The van der Waals surface area contributed by atoms with Crippen molar-refractivity contribution in [3.05, 3.63) is 42.1 Å². The number of aromatic nitrogens is 1. The molecule has 2 heteroatoms. The predicted octanol–water partition coefficient (Wildman–Crippen LogP) is 2.66. The van der Waals surface area contributed by atoms with E-state index in [2.05, 4.69) is 41.9 Å². The summed E-state index contributed by atoms with van der Waals surface area (Å²) in [5, 5.41) is 1.18. The fraction of sp³-hybridized carbons (Fsp3) is 0.100. The number of pyridine rings is 1. The molecule has 0 fully saturated rings. The standard InChI is InChI=1S/C10H9NS/c12-7-8-3-4-9-2-1-5-11-10(9)6-8/h1-6,12H,7H2. The lowest BCUT2D eigenvalue weighted by Gasteiger charge is -1.98. The van der Waals surface area contributed by atoms with E-state index in [0.717, 1.165) is 11.3 Å². The number of thiol groups is 1. The van der Waals surface area contributed by atoms with Crippen molar-refractivity contribution < 1.29 is 0 Å². The third-order valence-corrected chi connectivity index (χ3v) is 2.22. The van der Waals surface area contributed by atoms with Crippen molar-refractivity contribution >= 4 is 23.5 Å². The van der Waals surface area contributed by atoms with Crippen LogP contribution in [-0.4, -0.2) is 4.98 Å². The third-order valence-electron chi connectivity index (χ3n) is 1.85. The summed E-state index contributed by atoms with van der Waals surface area (Å²) in [6, 6.07) is 10.2. The summed E-state index contributed by atoms with van der Waals surface area (Å²) in [5.41, 5.74) is 2.26. The van der Waals surface area contributed by atoms with Gasteiger partial charge in [-0.1, -0.05) is 18.2 Å². The van der Waals surface area contributed by atoms with Crippen LogP contribution in [0.1, 0.15) is 5.56 Å². The zero-order valence-electron chi connectivity index (χ0n) is 6.57. The number of hydrogen-bond acceptors (Lipinski definition) is 2. The van der Waals surface area contributed by atoms with Crippen LogP contribution in [0.3, 0.4) is 0 Å². The van der Waals surface area contributed by atoms with E-state index in [1.165, 1.54) is 10.9 Å². The minimum atomic E-state index is 0.770. The molecule has 2 aromatic rings. The van der Waals surface area contributed by atoms with Crippen molar-refractivity contribution in [3.63, 3.8) is 0 Å². The van der Waals surface area contributed by atoms with Crippen molar-refractivity contribution in [2.24, 2.45) is 0 Å². The van der Waals surface area contributed by atoms with E-state index in [1.54, 1.807) is 0 Å². The van der Waals surface area contributed by atoms with E-state index in [9.17, 15) is 0 Å². The van der Waals surface area contributed by atoms with Crippen molar-refractivity contribution in [1.29, 1.82) is 0 Å². The van der Waals surface area contributed by atoms with Crippen molar-refractivity contribution in [3.8, 4) is 0 Å². The Morgan fingerprint density at radius 3 is 3.00 bits per heavy atom. The van der Waals surface area contributed by atoms with E-state index < -0.39 is 0 Å². The second-order valence-corrected chi connectivity index (χ2v) is 3.00. The molecule has 1 aromatic carbocycles. The molecule has 0 amide bonds. The van der Waals surface area contributed by atoms with Gasteiger partial charge < -0.3 is 0 Å². The van der Waals surface area contributed by atoms with Crippen LogP contribution in [-0.2, 0) is 5.75 Å². The Balaban J connectivity index is 2.67. The summed E-state index contributed by atoms with van der Waals surface area (Å²) in [6.45, 7) is 0. The molecular formula is C10H9NS. The van der Waals surface area contributed by atoms with Crippen LogP contribution in [0.15, 0.2) is 36.5 Å². The maximum atomic E-state index is 4.26. The molecule has 0 saturated carbocycles. The van der Waals surface area contributed by atoms with Crippen molar-refractivity contribution in [1.82, 2.24) is 4.98 Å². The lowest BCUT2D eigenvalue weighted by atomic mass is 10.1. The molecule has 0 radical (unpaired) electrons. The molecule has 0 atom stereocenters. The lowest BCUT2D eigenvalue weighted by molar-refractivity contribution is 1.37. The van der Waals surface area contributed by atoms with Gasteiger partial charge in [0.15, 0.2) is 0 Å². The summed E-state index contributed by atoms with van der Waals surface area (Å²) in [7, 11) is 0. The molecule has 2 rings (SSSR count). The highest BCUT2D eigenvalue weighted by atomic mass is 32.1. The molecule has 0 unspecified atom stereocenters. The summed E-state index contributed by atoms with van der Waals surface area (Å²) >= 11 is 4.21. The van der Waals surface area contributed by atoms with Crippen LogP contribution in [0.5, 0.6) is 0 Å². The van der Waals surface area contributed by atoms with E-state index in [0.29, 0.717) is 0 Å². The smallest absolute Gasteiger partial charge is 0.0704 e. The average molecular weight is 175 g/mol. The van der Waals surface area contributed by atoms with Gasteiger partial charge in [-0.15, -0.1) is 0 Å². The van der Waals surface area contributed by atoms with Gasteiger partial charge in [0.2, 0.25) is 0 Å². The van der Waals surface area contributed by atoms with Gasteiger partial charge in [-0.25, -0.2) is 0 Å². The maximum Gasteiger partial charge on any atom is 0.0704 e. The zero-order valence-corrected chi connectivity index (χ0v) is 7.46. The van der Waals surface area contributed by atoms with Crippen LogP contribution in [0.4, 0.5) is 0 Å². The number of fused-ring (bicyclic) bond motifs is 1. The Bertz CT molecular complexity index is 398. The minimum absolute atomic E-state index is 0.770. The second kappa shape index (κ2) is 3.15. The number of rotatable bonds is 1. The SMILES string of the molecule is SCc1ccc2cccnc2c1. The van der Waals surface area contributed by atoms with Crippen LogP contribution >= 0.6 is 12.6 Å². The van der Waals surface area contributed by atoms with Crippen LogP contribution in [0, 0.1) is 0 Å². The predicted molar refractivity (Wildman–Crippen MR) is 54.4 cm³/mol. The molecular weight excluding hydrogens is 166 g/mol. The van der Waals surface area contributed by atoms with Crippen molar-refractivity contribution in [2.45, 2.75) is 5.75 Å². The average Bonchev–Trinajstić information content (AvgIpc) is 2.17. The molecule has 0 saturated heterocycles. The Labute approximate surface area is 76.9 Å². The van der Waals surface area contributed by atoms with Gasteiger partial charge >= 0.3 is 0 Å². The van der Waals surface area contributed by atoms with Gasteiger partial charge in [0, 0.05) is 17.3 Å². The molecule has 60 valence electrons. The fourth-order valence-electron chi connectivity index (χ4n) is 1.21. The highest BCUT2D eigenvalue weighted by Gasteiger charge is 1.93. The van der Waals surface area contributed by atoms with Gasteiger partial charge in [0.05, 0.1) is 5.52 Å². The molecule has 1 nitrogen and oxygen atoms in total. The summed E-state index contributed by atoms with van der Waals surface area (Å²) in [5.74, 6) is 0.770. The fourth-order valence-corrected chi connectivity index (χ4v) is 1.41. The normalized spacial score (nSPS) is 10.4. The first kappa shape index (κ1) is 7.62.